The molecule has 0 atom stereocenters. The van der Waals surface area contributed by atoms with Gasteiger partial charge in [-0.05, 0) is 80.8 Å². The summed E-state index contributed by atoms with van der Waals surface area (Å²) in [5.74, 6) is 1.44. The van der Waals surface area contributed by atoms with E-state index in [0.717, 1.165) is 30.3 Å². The topological polar surface area (TPSA) is 71.1 Å². The molecule has 0 aliphatic heterocycles. The molecule has 1 aliphatic rings. The predicted octanol–water partition coefficient (Wildman–Crippen LogP) is 6.57. The zero-order valence-corrected chi connectivity index (χ0v) is 22.9. The summed E-state index contributed by atoms with van der Waals surface area (Å²) in [6, 6.07) is 16.6. The minimum absolute atomic E-state index is 0.0727. The fourth-order valence-electron chi connectivity index (χ4n) is 4.90. The third kappa shape index (κ3) is 7.73. The maximum Gasteiger partial charge on any atom is 0.333 e. The van der Waals surface area contributed by atoms with Gasteiger partial charge in [0.15, 0.2) is 0 Å². The van der Waals surface area contributed by atoms with Gasteiger partial charge in [-0.1, -0.05) is 50.8 Å². The van der Waals surface area contributed by atoms with Crippen LogP contribution in [0.4, 0.5) is 0 Å². The molecule has 3 rings (SSSR count). The summed E-state index contributed by atoms with van der Waals surface area (Å²) in [5, 5.41) is 0. The van der Waals surface area contributed by atoms with E-state index in [4.69, 9.17) is 18.9 Å². The lowest BCUT2D eigenvalue weighted by atomic mass is 9.63. The highest BCUT2D eigenvalue weighted by atomic mass is 16.6. The molecule has 6 heteroatoms. The van der Waals surface area contributed by atoms with E-state index < -0.39 is 11.9 Å². The van der Waals surface area contributed by atoms with Gasteiger partial charge in [-0.2, -0.15) is 0 Å². The van der Waals surface area contributed by atoms with Gasteiger partial charge in [-0.25, -0.2) is 9.59 Å². The zero-order valence-electron chi connectivity index (χ0n) is 22.9. The Morgan fingerprint density at radius 2 is 1.13 bits per heavy atom. The van der Waals surface area contributed by atoms with Crippen LogP contribution in [0.5, 0.6) is 11.5 Å². The lowest BCUT2D eigenvalue weighted by Gasteiger charge is -2.41. The normalized spacial score (nSPS) is 14.8. The highest BCUT2D eigenvalue weighted by Gasteiger charge is 2.38. The zero-order chi connectivity index (χ0) is 27.5. The maximum absolute atomic E-state index is 11.5. The van der Waals surface area contributed by atoms with Crippen LogP contribution in [0.15, 0.2) is 72.8 Å². The fourth-order valence-corrected chi connectivity index (χ4v) is 4.90. The molecular formula is C32H40O6. The van der Waals surface area contributed by atoms with Crippen LogP contribution in [0, 0.1) is 5.92 Å². The first-order chi connectivity index (χ1) is 18.2. The number of ether oxygens (including phenoxy) is 4. The molecule has 1 aliphatic carbocycles. The number of esters is 2. The van der Waals surface area contributed by atoms with Crippen LogP contribution in [0.1, 0.15) is 64.0 Å². The Labute approximate surface area is 226 Å². The Morgan fingerprint density at radius 1 is 0.737 bits per heavy atom. The Hall–Kier alpha value is -3.54. The van der Waals surface area contributed by atoms with Gasteiger partial charge >= 0.3 is 11.9 Å². The second-order valence-corrected chi connectivity index (χ2v) is 10.0. The van der Waals surface area contributed by atoms with E-state index in [0.29, 0.717) is 11.1 Å². The summed E-state index contributed by atoms with van der Waals surface area (Å²) >= 11 is 0. The predicted molar refractivity (Wildman–Crippen MR) is 148 cm³/mol. The Morgan fingerprint density at radius 3 is 1.47 bits per heavy atom. The van der Waals surface area contributed by atoms with Crippen LogP contribution in [-0.2, 0) is 24.5 Å². The molecule has 0 radical (unpaired) electrons. The van der Waals surface area contributed by atoms with Crippen LogP contribution in [0.2, 0.25) is 0 Å². The number of rotatable bonds is 13. The lowest BCUT2D eigenvalue weighted by molar-refractivity contribution is -0.140. The van der Waals surface area contributed by atoms with Crippen molar-refractivity contribution in [1.29, 1.82) is 0 Å². The highest BCUT2D eigenvalue weighted by molar-refractivity contribution is 5.87. The number of hydrogen-bond donors (Lipinski definition) is 0. The third-order valence-corrected chi connectivity index (χ3v) is 7.22. The molecular weight excluding hydrogens is 480 g/mol. The van der Waals surface area contributed by atoms with E-state index in [-0.39, 0.29) is 31.8 Å². The largest absolute Gasteiger partial charge is 0.490 e. The molecule has 0 N–H and O–H groups in total. The van der Waals surface area contributed by atoms with Gasteiger partial charge in [0.1, 0.15) is 37.9 Å². The summed E-state index contributed by atoms with van der Waals surface area (Å²) in [6.45, 7) is 13.6. The Bertz CT molecular complexity index is 1010. The van der Waals surface area contributed by atoms with Gasteiger partial charge in [0.25, 0.3) is 0 Å². The van der Waals surface area contributed by atoms with Crippen LogP contribution in [-0.4, -0.2) is 38.4 Å². The maximum atomic E-state index is 11.5. The summed E-state index contributed by atoms with van der Waals surface area (Å²) in [4.78, 5) is 23.0. The number of benzene rings is 2. The Balaban J connectivity index is 1.67. The van der Waals surface area contributed by atoms with Crippen molar-refractivity contribution in [2.24, 2.45) is 5.92 Å². The van der Waals surface area contributed by atoms with Gasteiger partial charge in [0, 0.05) is 16.6 Å². The summed E-state index contributed by atoms with van der Waals surface area (Å²) in [5.41, 5.74) is 3.22. The second-order valence-electron chi connectivity index (χ2n) is 10.0. The minimum atomic E-state index is -0.406. The molecule has 0 unspecified atom stereocenters. The first-order valence-electron chi connectivity index (χ1n) is 13.4. The first kappa shape index (κ1) is 29.0. The summed E-state index contributed by atoms with van der Waals surface area (Å²) < 4.78 is 21.8. The molecule has 0 amide bonds. The van der Waals surface area contributed by atoms with Crippen molar-refractivity contribution in [3.05, 3.63) is 84.0 Å². The van der Waals surface area contributed by atoms with Crippen molar-refractivity contribution in [3.8, 4) is 11.5 Å². The van der Waals surface area contributed by atoms with Crippen molar-refractivity contribution < 1.29 is 28.5 Å². The van der Waals surface area contributed by atoms with Crippen molar-refractivity contribution >= 4 is 11.9 Å². The number of carbonyl (C=O) groups excluding carboxylic acids is 2. The molecule has 1 fully saturated rings. The number of carbonyl (C=O) groups is 2. The number of hydrogen-bond acceptors (Lipinski definition) is 6. The van der Waals surface area contributed by atoms with E-state index in [2.05, 4.69) is 44.3 Å². The molecule has 6 nitrogen and oxygen atoms in total. The van der Waals surface area contributed by atoms with E-state index in [1.54, 1.807) is 13.8 Å². The van der Waals surface area contributed by atoms with Crippen LogP contribution in [0.3, 0.4) is 0 Å². The second kappa shape index (κ2) is 13.8. The quantitative estimate of drug-likeness (QED) is 0.169. The van der Waals surface area contributed by atoms with Gasteiger partial charge in [0.2, 0.25) is 0 Å². The SMILES string of the molecule is C=C(C)C(=O)OCCOc1ccc(C2(c3ccc(OCCOC(=O)C(=C)C)cc3)CCC(CC)CC2)cc1. The van der Waals surface area contributed by atoms with Crippen molar-refractivity contribution in [1.82, 2.24) is 0 Å². The molecule has 204 valence electrons. The first-order valence-corrected chi connectivity index (χ1v) is 13.4. The van der Waals surface area contributed by atoms with E-state index in [1.165, 1.54) is 30.4 Å². The van der Waals surface area contributed by atoms with Gasteiger partial charge in [-0.15, -0.1) is 0 Å². The molecule has 0 aromatic heterocycles. The van der Waals surface area contributed by atoms with Crippen molar-refractivity contribution in [3.63, 3.8) is 0 Å². The Kier molecular flexibility index (Phi) is 10.6. The smallest absolute Gasteiger partial charge is 0.333 e. The van der Waals surface area contributed by atoms with E-state index in [9.17, 15) is 9.59 Å². The van der Waals surface area contributed by atoms with Crippen molar-refractivity contribution in [2.45, 2.75) is 58.3 Å². The van der Waals surface area contributed by atoms with Gasteiger partial charge in [0.05, 0.1) is 0 Å². The van der Waals surface area contributed by atoms with Crippen LogP contribution < -0.4 is 9.47 Å². The molecule has 2 aromatic carbocycles. The van der Waals surface area contributed by atoms with E-state index in [1.807, 2.05) is 24.3 Å². The average Bonchev–Trinajstić information content (AvgIpc) is 2.93. The monoisotopic (exact) mass is 520 g/mol. The molecule has 2 aromatic rings. The highest BCUT2D eigenvalue weighted by Crippen LogP contribution is 2.47. The summed E-state index contributed by atoms with van der Waals surface area (Å²) in [6.07, 6.45) is 5.76. The van der Waals surface area contributed by atoms with Crippen LogP contribution >= 0.6 is 0 Å². The van der Waals surface area contributed by atoms with Crippen LogP contribution in [0.25, 0.3) is 0 Å². The molecule has 0 saturated heterocycles. The molecule has 1 saturated carbocycles. The standard InChI is InChI=1S/C32H40O6/c1-6-25-15-17-32(18-16-25,26-7-11-28(12-8-26)35-19-21-37-30(33)23(2)3)27-9-13-29(14-10-27)36-20-22-38-31(34)24(4)5/h7-14,25H,2,4,6,15-22H2,1,3,5H3. The van der Waals surface area contributed by atoms with Gasteiger partial charge in [-0.3, -0.25) is 0 Å². The molecule has 0 bridgehead atoms. The van der Waals surface area contributed by atoms with Gasteiger partial charge < -0.3 is 18.9 Å². The lowest BCUT2D eigenvalue weighted by Crippen LogP contribution is -2.33. The minimum Gasteiger partial charge on any atom is -0.490 e. The average molecular weight is 521 g/mol. The molecule has 38 heavy (non-hydrogen) atoms. The third-order valence-electron chi connectivity index (χ3n) is 7.22. The van der Waals surface area contributed by atoms with Crippen molar-refractivity contribution in [2.75, 3.05) is 26.4 Å². The summed E-state index contributed by atoms with van der Waals surface area (Å²) in [7, 11) is 0. The van der Waals surface area contributed by atoms with E-state index >= 15 is 0 Å². The molecule has 0 heterocycles. The molecule has 0 spiro atoms. The fraction of sp³-hybridized carbons (Fsp3) is 0.438.